The van der Waals surface area contributed by atoms with Crippen molar-refractivity contribution in [3.63, 3.8) is 0 Å². The third-order valence-corrected chi connectivity index (χ3v) is 6.23. The van der Waals surface area contributed by atoms with Crippen LogP contribution in [-0.2, 0) is 14.3 Å². The molecule has 11 heteroatoms. The van der Waals surface area contributed by atoms with E-state index >= 15 is 0 Å². The fourth-order valence-electron chi connectivity index (χ4n) is 4.89. The normalized spacial score (nSPS) is 31.3. The topological polar surface area (TPSA) is 108 Å². The number of nitrogens with zero attached hydrogens (tertiary/aromatic N) is 1. The molecule has 2 aliphatic carbocycles. The van der Waals surface area contributed by atoms with Crippen LogP contribution in [-0.4, -0.2) is 40.0 Å². The molecular formula is C20H20F3N5O3. The maximum Gasteiger partial charge on any atom is 0.491 e. The number of hydrogen-bond donors (Lipinski definition) is 4. The van der Waals surface area contributed by atoms with Crippen LogP contribution < -0.4 is 16.0 Å². The van der Waals surface area contributed by atoms with E-state index in [1.165, 1.54) is 6.08 Å². The summed E-state index contributed by atoms with van der Waals surface area (Å²) < 4.78 is 43.6. The van der Waals surface area contributed by atoms with Gasteiger partial charge in [0.2, 0.25) is 0 Å². The van der Waals surface area contributed by atoms with E-state index in [2.05, 4.69) is 25.9 Å². The molecule has 8 nitrogen and oxygen atoms in total. The van der Waals surface area contributed by atoms with Gasteiger partial charge in [-0.15, -0.1) is 0 Å². The van der Waals surface area contributed by atoms with E-state index in [9.17, 15) is 22.8 Å². The Kier molecular flexibility index (Phi) is 4.47. The molecule has 2 aromatic heterocycles. The SMILES string of the molecule is O=C1NC(NC2CC3CCC2C3)(OC(=O)C(F)(F)F)NC1=Cc1c[nH]c2ncccc12. The number of aromatic amines is 1. The number of amides is 1. The molecule has 3 aliphatic rings. The van der Waals surface area contributed by atoms with Crippen LogP contribution in [0.5, 0.6) is 0 Å². The molecule has 31 heavy (non-hydrogen) atoms. The number of hydrogen-bond acceptors (Lipinski definition) is 6. The van der Waals surface area contributed by atoms with Gasteiger partial charge in [-0.25, -0.2) is 15.1 Å². The van der Waals surface area contributed by atoms with Gasteiger partial charge >= 0.3 is 18.1 Å². The van der Waals surface area contributed by atoms with Gasteiger partial charge in [-0.1, -0.05) is 6.42 Å². The van der Waals surface area contributed by atoms with E-state index in [4.69, 9.17) is 4.74 Å². The van der Waals surface area contributed by atoms with Crippen molar-refractivity contribution in [1.82, 2.24) is 25.9 Å². The van der Waals surface area contributed by atoms with Crippen molar-refractivity contribution in [1.29, 1.82) is 0 Å². The molecule has 4 N–H and O–H groups in total. The van der Waals surface area contributed by atoms with E-state index in [0.717, 1.165) is 31.1 Å². The predicted octanol–water partition coefficient (Wildman–Crippen LogP) is 2.12. The zero-order valence-electron chi connectivity index (χ0n) is 16.3. The van der Waals surface area contributed by atoms with Crippen LogP contribution in [0.3, 0.4) is 0 Å². The summed E-state index contributed by atoms with van der Waals surface area (Å²) in [6.45, 7) is 0. The van der Waals surface area contributed by atoms with Gasteiger partial charge in [-0.05, 0) is 49.3 Å². The summed E-state index contributed by atoms with van der Waals surface area (Å²) in [6.07, 6.45) is 3.26. The highest BCUT2D eigenvalue weighted by molar-refractivity contribution is 6.02. The molecule has 164 valence electrons. The Morgan fingerprint density at radius 2 is 2.13 bits per heavy atom. The molecule has 0 spiro atoms. The lowest BCUT2D eigenvalue weighted by atomic mass is 9.95. The van der Waals surface area contributed by atoms with E-state index in [-0.39, 0.29) is 17.7 Å². The van der Waals surface area contributed by atoms with Crippen LogP contribution in [0, 0.1) is 11.8 Å². The quantitative estimate of drug-likeness (QED) is 0.333. The molecule has 4 atom stereocenters. The molecule has 0 radical (unpaired) electrons. The van der Waals surface area contributed by atoms with E-state index in [1.807, 2.05) is 0 Å². The molecule has 4 unspecified atom stereocenters. The maximum absolute atomic E-state index is 12.9. The molecule has 3 heterocycles. The second kappa shape index (κ2) is 6.98. The molecule has 2 bridgehead atoms. The first-order chi connectivity index (χ1) is 14.7. The van der Waals surface area contributed by atoms with Crippen LogP contribution >= 0.6 is 0 Å². The largest absolute Gasteiger partial charge is 0.491 e. The highest BCUT2D eigenvalue weighted by atomic mass is 19.4. The molecule has 0 aromatic carbocycles. The summed E-state index contributed by atoms with van der Waals surface area (Å²) >= 11 is 0. The highest BCUT2D eigenvalue weighted by Gasteiger charge is 2.53. The number of ether oxygens (including phenoxy) is 1. The van der Waals surface area contributed by atoms with Crippen LogP contribution in [0.15, 0.2) is 30.2 Å². The smallest absolute Gasteiger partial charge is 0.399 e. The second-order valence-corrected chi connectivity index (χ2v) is 8.27. The summed E-state index contributed by atoms with van der Waals surface area (Å²) in [6, 6.07) is 3.35. The van der Waals surface area contributed by atoms with Gasteiger partial charge in [-0.2, -0.15) is 13.2 Å². The van der Waals surface area contributed by atoms with Crippen LogP contribution in [0.2, 0.25) is 0 Å². The number of pyridine rings is 1. The van der Waals surface area contributed by atoms with Crippen molar-refractivity contribution >= 4 is 29.0 Å². The lowest BCUT2D eigenvalue weighted by Gasteiger charge is -2.35. The van der Waals surface area contributed by atoms with Crippen molar-refractivity contribution in [2.75, 3.05) is 0 Å². The number of alkyl halides is 3. The fourth-order valence-corrected chi connectivity index (χ4v) is 4.89. The maximum atomic E-state index is 12.9. The van der Waals surface area contributed by atoms with Crippen molar-refractivity contribution in [2.45, 2.75) is 43.9 Å². The van der Waals surface area contributed by atoms with E-state index in [1.54, 1.807) is 24.5 Å². The number of halogens is 3. The lowest BCUT2D eigenvalue weighted by molar-refractivity contribution is -0.222. The zero-order chi connectivity index (χ0) is 21.8. The molecule has 2 saturated carbocycles. The summed E-state index contributed by atoms with van der Waals surface area (Å²) in [4.78, 5) is 31.4. The number of carbonyl (C=O) groups excluding carboxylic acids is 2. The minimum atomic E-state index is -5.20. The Morgan fingerprint density at radius 1 is 1.29 bits per heavy atom. The standard InChI is InChI=1S/C20H20F3N5O3/c21-19(22,23)18(30)31-20(26-14-7-10-3-4-11(14)6-10)27-15(17(29)28-20)8-12-9-25-16-13(12)2-1-5-24-16/h1-2,5,8-11,14,26-27H,3-4,6-7H2,(H,24,25)(H,28,29). The summed E-state index contributed by atoms with van der Waals surface area (Å²) in [7, 11) is 0. The molecule has 1 aliphatic heterocycles. The molecule has 5 rings (SSSR count). The van der Waals surface area contributed by atoms with Crippen LogP contribution in [0.25, 0.3) is 17.1 Å². The van der Waals surface area contributed by atoms with Crippen molar-refractivity contribution in [3.05, 3.63) is 35.8 Å². The monoisotopic (exact) mass is 435 g/mol. The zero-order valence-corrected chi connectivity index (χ0v) is 16.3. The first kappa shape index (κ1) is 19.9. The third-order valence-electron chi connectivity index (χ3n) is 6.23. The number of H-pyrrole nitrogens is 1. The van der Waals surface area contributed by atoms with E-state index < -0.39 is 24.0 Å². The van der Waals surface area contributed by atoms with Crippen LogP contribution in [0.4, 0.5) is 13.2 Å². The number of nitrogens with one attached hydrogen (secondary N) is 4. The summed E-state index contributed by atoms with van der Waals surface area (Å²) in [5.41, 5.74) is 1.18. The summed E-state index contributed by atoms with van der Waals surface area (Å²) in [5.74, 6) is -4.51. The Hall–Kier alpha value is -3.08. The predicted molar refractivity (Wildman–Crippen MR) is 103 cm³/mol. The average molecular weight is 435 g/mol. The summed E-state index contributed by atoms with van der Waals surface area (Å²) in [5, 5.41) is 8.72. The van der Waals surface area contributed by atoms with Crippen LogP contribution in [0.1, 0.15) is 31.2 Å². The minimum absolute atomic E-state index is 0.0321. The minimum Gasteiger partial charge on any atom is -0.399 e. The number of carbonyl (C=O) groups is 2. The van der Waals surface area contributed by atoms with E-state index in [0.29, 0.717) is 17.1 Å². The molecule has 1 saturated heterocycles. The number of rotatable bonds is 4. The van der Waals surface area contributed by atoms with Gasteiger partial charge < -0.3 is 15.0 Å². The van der Waals surface area contributed by atoms with Gasteiger partial charge in [0, 0.05) is 29.4 Å². The van der Waals surface area contributed by atoms with Gasteiger partial charge in [-0.3, -0.25) is 10.1 Å². The van der Waals surface area contributed by atoms with Gasteiger partial charge in [0.05, 0.1) is 0 Å². The molecule has 2 aromatic rings. The van der Waals surface area contributed by atoms with Crippen molar-refractivity contribution < 1.29 is 27.5 Å². The lowest BCUT2D eigenvalue weighted by Crippen LogP contribution is -2.67. The van der Waals surface area contributed by atoms with Crippen molar-refractivity contribution in [3.8, 4) is 0 Å². The van der Waals surface area contributed by atoms with Crippen molar-refractivity contribution in [2.24, 2.45) is 11.8 Å². The third kappa shape index (κ3) is 3.62. The number of aromatic nitrogens is 2. The first-order valence-corrected chi connectivity index (χ1v) is 10.0. The Labute approximate surface area is 174 Å². The van der Waals surface area contributed by atoms with Gasteiger partial charge in [0.15, 0.2) is 0 Å². The number of esters is 1. The van der Waals surface area contributed by atoms with Gasteiger partial charge in [0.25, 0.3) is 5.91 Å². The molecule has 3 fully saturated rings. The average Bonchev–Trinajstić information content (AvgIpc) is 3.47. The Bertz CT molecular complexity index is 1080. The number of fused-ring (bicyclic) bond motifs is 3. The highest BCUT2D eigenvalue weighted by Crippen LogP contribution is 2.45. The van der Waals surface area contributed by atoms with Gasteiger partial charge in [0.1, 0.15) is 11.3 Å². The second-order valence-electron chi connectivity index (χ2n) is 8.27. The molecular weight excluding hydrogens is 415 g/mol. The molecule has 1 amide bonds. The Morgan fingerprint density at radius 3 is 2.84 bits per heavy atom. The first-order valence-electron chi connectivity index (χ1n) is 10.0. The Balaban J connectivity index is 1.45. The fraction of sp³-hybridized carbons (Fsp3) is 0.450.